The van der Waals surface area contributed by atoms with Gasteiger partial charge in [0.2, 0.25) is 0 Å². The van der Waals surface area contributed by atoms with Crippen LogP contribution in [0.5, 0.6) is 0 Å². The molecule has 13 heteroatoms. The summed E-state index contributed by atoms with van der Waals surface area (Å²) < 4.78 is -3.47. The number of carbonyl (C=O) groups excluding carboxylic acids is 4. The third kappa shape index (κ3) is 177. The van der Waals surface area contributed by atoms with E-state index in [9.17, 15) is 0 Å². The van der Waals surface area contributed by atoms with Gasteiger partial charge in [0.1, 0.15) is 39.3 Å². The minimum absolute atomic E-state index is 0. The van der Waals surface area contributed by atoms with Crippen molar-refractivity contribution in [2.75, 3.05) is 0 Å². The molecule has 0 aliphatic carbocycles. The zero-order chi connectivity index (χ0) is 18.4. The second-order valence-electron chi connectivity index (χ2n) is 1.22. The maximum atomic E-state index is 8.00. The normalized spacial score (nSPS) is 6.67. The molecule has 6 nitrogen and oxygen atoms in total. The Morgan fingerprint density at radius 2 is 0.619 bits per heavy atom. The van der Waals surface area contributed by atoms with Crippen LogP contribution in [-0.4, -0.2) is 34.7 Å². The maximum absolute atomic E-state index is 8.00. The van der Waals surface area contributed by atoms with Gasteiger partial charge in [0.15, 0.2) is 0 Å². The van der Waals surface area contributed by atoms with Crippen molar-refractivity contribution in [1.29, 1.82) is 10.5 Å². The fourth-order valence-electron chi connectivity index (χ4n) is 0. The average Bonchev–Trinajstić information content (AvgIpc) is 2.46. The van der Waals surface area contributed by atoms with Crippen LogP contribution >= 0.6 is 69.6 Å². The monoisotopic (exact) mass is 590 g/mol. The number of nitriles is 2. The second kappa shape index (κ2) is 36.9. The van der Waals surface area contributed by atoms with E-state index in [0.29, 0.717) is 0 Å². The maximum Gasteiger partial charge on any atom is 0.277 e. The molecule has 0 saturated carbocycles. The van der Waals surface area contributed by atoms with Crippen molar-refractivity contribution in [3.63, 3.8) is 0 Å². The van der Waals surface area contributed by atoms with Crippen LogP contribution in [0.15, 0.2) is 0 Å². The Kier molecular flexibility index (Phi) is 75.3. The van der Waals surface area contributed by atoms with Gasteiger partial charge >= 0.3 is 0 Å². The van der Waals surface area contributed by atoms with E-state index in [1.54, 1.807) is 0 Å². The van der Waals surface area contributed by atoms with Crippen molar-refractivity contribution in [2.45, 2.75) is 7.59 Å². The Morgan fingerprint density at radius 1 is 0.571 bits per heavy atom. The number of carbonyl (C=O) groups is 4. The third-order valence-corrected chi connectivity index (χ3v) is 0.761. The van der Waals surface area contributed by atoms with Crippen LogP contribution in [0.1, 0.15) is 0 Å². The number of halogens is 6. The average molecular weight is 593 g/mol. The Bertz CT molecular complexity index is 242. The van der Waals surface area contributed by atoms with Gasteiger partial charge in [-0.2, -0.15) is 10.5 Å². The van der Waals surface area contributed by atoms with Gasteiger partial charge in [0, 0.05) is 21.1 Å². The Balaban J connectivity index is -0.0000000246. The zero-order valence-electron chi connectivity index (χ0n) is 10.0. The SMILES string of the molecule is C=O.C=O.C=O.C=O.N#CC(Cl)(Cl)Cl.N#CC(Cl)(Cl)Cl.[W]. The van der Waals surface area contributed by atoms with Crippen LogP contribution in [0.4, 0.5) is 0 Å². The summed E-state index contributed by atoms with van der Waals surface area (Å²) in [5, 5.41) is 15.5. The van der Waals surface area contributed by atoms with Crippen molar-refractivity contribution >= 4 is 96.8 Å². The van der Waals surface area contributed by atoms with Gasteiger partial charge < -0.3 is 19.2 Å². The number of hydrogen-bond acceptors (Lipinski definition) is 6. The molecule has 0 aliphatic rings. The van der Waals surface area contributed by atoms with Crippen LogP contribution in [0, 0.1) is 22.7 Å². The summed E-state index contributed by atoms with van der Waals surface area (Å²) in [7, 11) is 0. The molecule has 0 aliphatic heterocycles. The van der Waals surface area contributed by atoms with Gasteiger partial charge in [0.05, 0.1) is 0 Å². The van der Waals surface area contributed by atoms with E-state index in [4.69, 9.17) is 99.3 Å². The topological polar surface area (TPSA) is 116 Å². The van der Waals surface area contributed by atoms with Gasteiger partial charge in [-0.05, 0) is 0 Å². The predicted molar refractivity (Wildman–Crippen MR) is 80.3 cm³/mol. The zero-order valence-corrected chi connectivity index (χ0v) is 17.5. The first-order valence-electron chi connectivity index (χ1n) is 3.24. The third-order valence-electron chi connectivity index (χ3n) is 0.254. The van der Waals surface area contributed by atoms with Crippen LogP contribution in [0.3, 0.4) is 0 Å². The predicted octanol–water partition coefficient (Wildman–Crippen LogP) is 3.02. The molecular weight excluding hydrogens is 585 g/mol. The molecule has 0 amide bonds. The summed E-state index contributed by atoms with van der Waals surface area (Å²) in [5.74, 6) is 0. The largest absolute Gasteiger partial charge is 0.307 e. The Hall–Kier alpha value is 0.0883. The van der Waals surface area contributed by atoms with Crippen LogP contribution in [0.2, 0.25) is 0 Å². The molecule has 0 aromatic carbocycles. The van der Waals surface area contributed by atoms with E-state index >= 15 is 0 Å². The van der Waals surface area contributed by atoms with E-state index in [1.807, 2.05) is 27.2 Å². The number of alkyl halides is 6. The van der Waals surface area contributed by atoms with Gasteiger partial charge in [-0.25, -0.2) is 0 Å². The van der Waals surface area contributed by atoms with E-state index in [1.165, 1.54) is 12.1 Å². The van der Waals surface area contributed by atoms with Crippen molar-refractivity contribution < 1.29 is 40.2 Å². The molecule has 0 atom stereocenters. The molecule has 21 heavy (non-hydrogen) atoms. The van der Waals surface area contributed by atoms with E-state index in [-0.39, 0.29) is 21.1 Å². The van der Waals surface area contributed by atoms with E-state index in [2.05, 4.69) is 0 Å². The Labute approximate surface area is 166 Å². The standard InChI is InChI=1S/2C2Cl3N.4CH2O.W/c2*3-2(4,5)1-6;4*1-2;/h;;4*1H2;. The minimum atomic E-state index is -1.74. The molecule has 0 fully saturated rings. The molecule has 0 unspecified atom stereocenters. The first kappa shape index (κ1) is 42.9. The van der Waals surface area contributed by atoms with Crippen LogP contribution < -0.4 is 0 Å². The Morgan fingerprint density at radius 3 is 0.619 bits per heavy atom. The molecule has 0 radical (unpaired) electrons. The number of nitrogens with zero attached hydrogens (tertiary/aromatic N) is 2. The minimum Gasteiger partial charge on any atom is -0.307 e. The summed E-state index contributed by atoms with van der Waals surface area (Å²) in [5.41, 5.74) is 0. The fourth-order valence-corrected chi connectivity index (χ4v) is 0. The van der Waals surface area contributed by atoms with Crippen molar-refractivity contribution in [2.24, 2.45) is 0 Å². The van der Waals surface area contributed by atoms with E-state index < -0.39 is 7.59 Å². The fraction of sp³-hybridized carbons (Fsp3) is 0.250. The molecule has 0 bridgehead atoms. The summed E-state index contributed by atoms with van der Waals surface area (Å²) in [4.78, 5) is 32.0. The molecule has 122 valence electrons. The first-order chi connectivity index (χ1) is 9.12. The molecule has 0 aromatic rings. The molecule has 0 aromatic heterocycles. The molecule has 0 N–H and O–H groups in total. The number of hydrogen-bond donors (Lipinski definition) is 0. The van der Waals surface area contributed by atoms with Gasteiger partial charge in [-0.15, -0.1) is 0 Å². The summed E-state index contributed by atoms with van der Waals surface area (Å²) in [6.07, 6.45) is 0. The van der Waals surface area contributed by atoms with Gasteiger partial charge in [-0.1, -0.05) is 69.6 Å². The molecular formula is C8H8Cl6N2O4W. The molecule has 0 saturated heterocycles. The summed E-state index contributed by atoms with van der Waals surface area (Å²) in [6.45, 7) is 8.00. The van der Waals surface area contributed by atoms with Gasteiger partial charge in [-0.3, -0.25) is 0 Å². The first-order valence-corrected chi connectivity index (χ1v) is 5.50. The van der Waals surface area contributed by atoms with Gasteiger partial charge in [0.25, 0.3) is 7.59 Å². The molecule has 0 rings (SSSR count). The van der Waals surface area contributed by atoms with E-state index in [0.717, 1.165) is 0 Å². The number of rotatable bonds is 0. The quantitative estimate of drug-likeness (QED) is 0.400. The van der Waals surface area contributed by atoms with Crippen LogP contribution in [-0.2, 0) is 40.2 Å². The van der Waals surface area contributed by atoms with Crippen LogP contribution in [0.25, 0.3) is 0 Å². The molecule has 0 spiro atoms. The summed E-state index contributed by atoms with van der Waals surface area (Å²) >= 11 is 29.3. The van der Waals surface area contributed by atoms with Crippen molar-refractivity contribution in [3.8, 4) is 12.1 Å². The van der Waals surface area contributed by atoms with Crippen molar-refractivity contribution in [1.82, 2.24) is 0 Å². The van der Waals surface area contributed by atoms with Crippen molar-refractivity contribution in [3.05, 3.63) is 0 Å². The second-order valence-corrected chi connectivity index (χ2v) is 5.78. The molecule has 0 heterocycles. The summed E-state index contributed by atoms with van der Waals surface area (Å²) in [6, 6.07) is 2.80. The smallest absolute Gasteiger partial charge is 0.277 e.